The molecule has 0 saturated heterocycles. The van der Waals surface area contributed by atoms with E-state index in [1.165, 1.54) is 18.4 Å². The highest BCUT2D eigenvalue weighted by Crippen LogP contribution is 2.29. The normalized spacial score (nSPS) is 11.3. The zero-order chi connectivity index (χ0) is 15.4. The van der Waals surface area contributed by atoms with Gasteiger partial charge in [0.1, 0.15) is 5.70 Å². The maximum Gasteiger partial charge on any atom is 0.354 e. The van der Waals surface area contributed by atoms with E-state index in [4.69, 9.17) is 16.3 Å². The standard InChI is InChI=1S/C15H15ClN2O2S/c1-4-13(14(19)20-3)18(2)15-17-12(9-21-15)10-5-7-11(16)8-6-10/h4-9H,1-3H3. The number of esters is 1. The Morgan fingerprint density at radius 2 is 2.05 bits per heavy atom. The number of halogens is 1. The van der Waals surface area contributed by atoms with Crippen LogP contribution in [0.2, 0.25) is 5.02 Å². The Labute approximate surface area is 132 Å². The molecule has 2 aromatic rings. The Morgan fingerprint density at radius 1 is 1.38 bits per heavy atom. The number of benzene rings is 1. The molecule has 0 bridgehead atoms. The van der Waals surface area contributed by atoms with Crippen molar-refractivity contribution in [1.29, 1.82) is 0 Å². The van der Waals surface area contributed by atoms with Crippen LogP contribution in [0.15, 0.2) is 41.4 Å². The molecule has 0 aliphatic heterocycles. The molecule has 0 spiro atoms. The molecule has 0 radical (unpaired) electrons. The topological polar surface area (TPSA) is 42.4 Å². The lowest BCUT2D eigenvalue weighted by atomic mass is 10.2. The Morgan fingerprint density at radius 3 is 2.62 bits per heavy atom. The second-order valence-corrected chi connectivity index (χ2v) is 5.52. The van der Waals surface area contributed by atoms with Gasteiger partial charge in [-0.25, -0.2) is 9.78 Å². The molecular weight excluding hydrogens is 308 g/mol. The highest BCUT2D eigenvalue weighted by molar-refractivity contribution is 7.14. The molecule has 0 aliphatic rings. The van der Waals surface area contributed by atoms with Gasteiger partial charge in [0.2, 0.25) is 0 Å². The number of rotatable bonds is 4. The van der Waals surface area contributed by atoms with E-state index in [1.54, 1.807) is 24.9 Å². The number of carbonyl (C=O) groups excluding carboxylic acids is 1. The van der Waals surface area contributed by atoms with Gasteiger partial charge in [-0.05, 0) is 19.1 Å². The van der Waals surface area contributed by atoms with Crippen LogP contribution in [0.5, 0.6) is 0 Å². The van der Waals surface area contributed by atoms with Crippen LogP contribution < -0.4 is 4.90 Å². The quantitative estimate of drug-likeness (QED) is 0.631. The third kappa shape index (κ3) is 3.43. The van der Waals surface area contributed by atoms with E-state index in [1.807, 2.05) is 29.6 Å². The number of likely N-dealkylation sites (N-methyl/N-ethyl adjacent to an activating group) is 1. The summed E-state index contributed by atoms with van der Waals surface area (Å²) in [6, 6.07) is 7.48. The first-order valence-corrected chi connectivity index (χ1v) is 7.52. The molecule has 0 saturated carbocycles. The number of anilines is 1. The number of ether oxygens (including phenoxy) is 1. The van der Waals surface area contributed by atoms with Crippen molar-refractivity contribution in [1.82, 2.24) is 4.98 Å². The minimum Gasteiger partial charge on any atom is -0.464 e. The number of hydrogen-bond donors (Lipinski definition) is 0. The van der Waals surface area contributed by atoms with Crippen LogP contribution in [0.3, 0.4) is 0 Å². The Balaban J connectivity index is 2.27. The number of carbonyl (C=O) groups is 1. The van der Waals surface area contributed by atoms with Gasteiger partial charge >= 0.3 is 5.97 Å². The van der Waals surface area contributed by atoms with Crippen molar-refractivity contribution in [3.63, 3.8) is 0 Å². The lowest BCUT2D eigenvalue weighted by Crippen LogP contribution is -2.23. The molecular formula is C15H15ClN2O2S. The summed E-state index contributed by atoms with van der Waals surface area (Å²) < 4.78 is 4.76. The van der Waals surface area contributed by atoms with E-state index in [-0.39, 0.29) is 5.97 Å². The summed E-state index contributed by atoms with van der Waals surface area (Å²) in [7, 11) is 3.15. The minimum atomic E-state index is -0.386. The third-order valence-electron chi connectivity index (χ3n) is 2.95. The summed E-state index contributed by atoms with van der Waals surface area (Å²) in [5, 5.41) is 3.35. The predicted molar refractivity (Wildman–Crippen MR) is 86.7 cm³/mol. The summed E-state index contributed by atoms with van der Waals surface area (Å²) >= 11 is 7.34. The average Bonchev–Trinajstić information content (AvgIpc) is 2.98. The fourth-order valence-electron chi connectivity index (χ4n) is 1.83. The molecule has 1 aromatic carbocycles. The van der Waals surface area contributed by atoms with Gasteiger partial charge in [0.25, 0.3) is 0 Å². The lowest BCUT2D eigenvalue weighted by Gasteiger charge is -2.17. The highest BCUT2D eigenvalue weighted by atomic mass is 35.5. The van der Waals surface area contributed by atoms with Crippen molar-refractivity contribution in [3.05, 3.63) is 46.4 Å². The second-order valence-electron chi connectivity index (χ2n) is 4.25. The summed E-state index contributed by atoms with van der Waals surface area (Å²) in [5.74, 6) is -0.386. The van der Waals surface area contributed by atoms with Crippen LogP contribution >= 0.6 is 22.9 Å². The number of methoxy groups -OCH3 is 1. The highest BCUT2D eigenvalue weighted by Gasteiger charge is 2.18. The van der Waals surface area contributed by atoms with Gasteiger partial charge in [-0.2, -0.15) is 0 Å². The van der Waals surface area contributed by atoms with Gasteiger partial charge in [-0.15, -0.1) is 11.3 Å². The van der Waals surface area contributed by atoms with E-state index in [0.717, 1.165) is 16.4 Å². The maximum absolute atomic E-state index is 11.7. The first-order chi connectivity index (χ1) is 10.1. The smallest absolute Gasteiger partial charge is 0.354 e. The van der Waals surface area contributed by atoms with Crippen molar-refractivity contribution in [2.24, 2.45) is 0 Å². The van der Waals surface area contributed by atoms with E-state index in [9.17, 15) is 4.79 Å². The van der Waals surface area contributed by atoms with E-state index in [2.05, 4.69) is 4.98 Å². The molecule has 21 heavy (non-hydrogen) atoms. The van der Waals surface area contributed by atoms with Crippen molar-refractivity contribution in [2.45, 2.75) is 6.92 Å². The molecule has 1 aromatic heterocycles. The molecule has 0 amide bonds. The third-order valence-corrected chi connectivity index (χ3v) is 4.12. The zero-order valence-corrected chi connectivity index (χ0v) is 13.5. The number of aromatic nitrogens is 1. The largest absolute Gasteiger partial charge is 0.464 e. The molecule has 1 heterocycles. The van der Waals surface area contributed by atoms with Crippen molar-refractivity contribution in [3.8, 4) is 11.3 Å². The Bertz CT molecular complexity index is 665. The van der Waals surface area contributed by atoms with E-state index >= 15 is 0 Å². The summed E-state index contributed by atoms with van der Waals surface area (Å²) in [4.78, 5) is 18.0. The molecule has 0 aliphatic carbocycles. The molecule has 2 rings (SSSR count). The summed E-state index contributed by atoms with van der Waals surface area (Å²) in [5.41, 5.74) is 2.28. The van der Waals surface area contributed by atoms with Gasteiger partial charge in [0, 0.05) is 23.0 Å². The molecule has 0 N–H and O–H groups in total. The lowest BCUT2D eigenvalue weighted by molar-refractivity contribution is -0.136. The van der Waals surface area contributed by atoms with Crippen LogP contribution in [0, 0.1) is 0 Å². The van der Waals surface area contributed by atoms with E-state index in [0.29, 0.717) is 10.7 Å². The monoisotopic (exact) mass is 322 g/mol. The van der Waals surface area contributed by atoms with Gasteiger partial charge in [0.15, 0.2) is 5.13 Å². The van der Waals surface area contributed by atoms with Crippen LogP contribution in [0.1, 0.15) is 6.92 Å². The van der Waals surface area contributed by atoms with Gasteiger partial charge in [-0.1, -0.05) is 29.8 Å². The maximum atomic E-state index is 11.7. The van der Waals surface area contributed by atoms with Gasteiger partial charge in [-0.3, -0.25) is 0 Å². The van der Waals surface area contributed by atoms with Gasteiger partial charge in [0.05, 0.1) is 12.8 Å². The molecule has 6 heteroatoms. The molecule has 110 valence electrons. The molecule has 0 unspecified atom stereocenters. The SMILES string of the molecule is CC=C(C(=O)OC)N(C)c1nc(-c2ccc(Cl)cc2)cs1. The average molecular weight is 323 g/mol. The zero-order valence-electron chi connectivity index (χ0n) is 12.0. The first-order valence-electron chi connectivity index (χ1n) is 6.26. The molecule has 0 atom stereocenters. The fourth-order valence-corrected chi connectivity index (χ4v) is 2.77. The van der Waals surface area contributed by atoms with Crippen LogP contribution in [-0.2, 0) is 9.53 Å². The Kier molecular flexibility index (Phi) is 4.98. The summed E-state index contributed by atoms with van der Waals surface area (Å²) in [6.45, 7) is 1.79. The van der Waals surface area contributed by atoms with Crippen molar-refractivity contribution in [2.75, 3.05) is 19.1 Å². The second kappa shape index (κ2) is 6.74. The molecule has 0 fully saturated rings. The van der Waals surface area contributed by atoms with Crippen molar-refractivity contribution < 1.29 is 9.53 Å². The predicted octanol–water partition coefficient (Wildman–Crippen LogP) is 3.98. The van der Waals surface area contributed by atoms with Crippen LogP contribution in [-0.4, -0.2) is 25.1 Å². The van der Waals surface area contributed by atoms with Crippen molar-refractivity contribution >= 4 is 34.0 Å². The first kappa shape index (κ1) is 15.5. The minimum absolute atomic E-state index is 0.386. The van der Waals surface area contributed by atoms with E-state index < -0.39 is 0 Å². The molecule has 4 nitrogen and oxygen atoms in total. The van der Waals surface area contributed by atoms with Crippen LogP contribution in [0.4, 0.5) is 5.13 Å². The number of nitrogens with zero attached hydrogens (tertiary/aromatic N) is 2. The number of hydrogen-bond acceptors (Lipinski definition) is 5. The Hall–Kier alpha value is -1.85. The summed E-state index contributed by atoms with van der Waals surface area (Å²) in [6.07, 6.45) is 1.70. The number of thiazole rings is 1. The fraction of sp³-hybridized carbons (Fsp3) is 0.200. The van der Waals surface area contributed by atoms with Crippen LogP contribution in [0.25, 0.3) is 11.3 Å². The number of allylic oxidation sites excluding steroid dienone is 1. The van der Waals surface area contributed by atoms with Gasteiger partial charge < -0.3 is 9.64 Å².